The first kappa shape index (κ1) is 21.0. The predicted molar refractivity (Wildman–Crippen MR) is 115 cm³/mol. The SMILES string of the molecule is CCCCOc1ccc(SCCSc2ccc(OCCCC)cc2)cc1. The van der Waals surface area contributed by atoms with Crippen molar-refractivity contribution in [2.45, 2.75) is 49.3 Å². The summed E-state index contributed by atoms with van der Waals surface area (Å²) in [5, 5.41) is 0. The number of hydrogen-bond donors (Lipinski definition) is 0. The van der Waals surface area contributed by atoms with Crippen molar-refractivity contribution in [3.05, 3.63) is 48.5 Å². The molecule has 0 spiro atoms. The standard InChI is InChI=1S/C22H30O2S2/c1-3-5-15-23-19-7-11-21(12-8-19)25-17-18-26-22-13-9-20(10-14-22)24-16-6-4-2/h7-14H,3-6,15-18H2,1-2H3. The molecule has 0 N–H and O–H groups in total. The monoisotopic (exact) mass is 390 g/mol. The summed E-state index contributed by atoms with van der Waals surface area (Å²) in [6, 6.07) is 16.9. The summed E-state index contributed by atoms with van der Waals surface area (Å²) >= 11 is 3.78. The van der Waals surface area contributed by atoms with Crippen LogP contribution in [0.5, 0.6) is 11.5 Å². The van der Waals surface area contributed by atoms with Gasteiger partial charge in [-0.1, -0.05) is 26.7 Å². The van der Waals surface area contributed by atoms with E-state index in [1.165, 1.54) is 22.6 Å². The van der Waals surface area contributed by atoms with Crippen LogP contribution in [0.15, 0.2) is 58.3 Å². The molecule has 0 saturated heterocycles. The highest BCUT2D eigenvalue weighted by Gasteiger charge is 1.99. The molecule has 0 fully saturated rings. The second-order valence-electron chi connectivity index (χ2n) is 6.04. The summed E-state index contributed by atoms with van der Waals surface area (Å²) in [7, 11) is 0. The number of hydrogen-bond acceptors (Lipinski definition) is 4. The summed E-state index contributed by atoms with van der Waals surface area (Å²) in [6.45, 7) is 5.97. The lowest BCUT2D eigenvalue weighted by atomic mass is 10.3. The molecule has 0 aliphatic heterocycles. The molecule has 0 radical (unpaired) electrons. The van der Waals surface area contributed by atoms with Gasteiger partial charge in [0, 0.05) is 21.3 Å². The van der Waals surface area contributed by atoms with E-state index < -0.39 is 0 Å². The van der Waals surface area contributed by atoms with E-state index in [0.29, 0.717) is 0 Å². The minimum absolute atomic E-state index is 0.808. The third-order valence-corrected chi connectivity index (χ3v) is 6.09. The van der Waals surface area contributed by atoms with Crippen LogP contribution in [0.1, 0.15) is 39.5 Å². The average Bonchev–Trinajstić information content (AvgIpc) is 2.68. The number of thioether (sulfide) groups is 2. The van der Waals surface area contributed by atoms with Crippen LogP contribution >= 0.6 is 23.5 Å². The van der Waals surface area contributed by atoms with Gasteiger partial charge in [0.2, 0.25) is 0 Å². The fourth-order valence-electron chi connectivity index (χ4n) is 2.25. The normalized spacial score (nSPS) is 10.7. The Bertz CT molecular complexity index is 541. The molecule has 0 atom stereocenters. The molecule has 0 aliphatic rings. The summed E-state index contributed by atoms with van der Waals surface area (Å²) in [6.07, 6.45) is 4.56. The maximum atomic E-state index is 5.70. The molecule has 0 saturated carbocycles. The molecule has 142 valence electrons. The maximum Gasteiger partial charge on any atom is 0.119 e. The van der Waals surface area contributed by atoms with Crippen LogP contribution in [0.3, 0.4) is 0 Å². The molecule has 2 aromatic carbocycles. The lowest BCUT2D eigenvalue weighted by molar-refractivity contribution is 0.309. The molecule has 0 unspecified atom stereocenters. The molecule has 0 bridgehead atoms. The largest absolute Gasteiger partial charge is 0.494 e. The molecule has 0 heterocycles. The Kier molecular flexibility index (Phi) is 10.5. The first-order chi connectivity index (χ1) is 12.8. The van der Waals surface area contributed by atoms with Crippen molar-refractivity contribution >= 4 is 23.5 Å². The van der Waals surface area contributed by atoms with Gasteiger partial charge in [0.15, 0.2) is 0 Å². The van der Waals surface area contributed by atoms with E-state index in [-0.39, 0.29) is 0 Å². The van der Waals surface area contributed by atoms with Gasteiger partial charge in [0.25, 0.3) is 0 Å². The minimum atomic E-state index is 0.808. The smallest absolute Gasteiger partial charge is 0.119 e. The van der Waals surface area contributed by atoms with Crippen LogP contribution in [-0.4, -0.2) is 24.7 Å². The Morgan fingerprint density at radius 3 is 1.35 bits per heavy atom. The van der Waals surface area contributed by atoms with E-state index >= 15 is 0 Å². The van der Waals surface area contributed by atoms with Gasteiger partial charge in [-0.25, -0.2) is 0 Å². The van der Waals surface area contributed by atoms with E-state index in [9.17, 15) is 0 Å². The summed E-state index contributed by atoms with van der Waals surface area (Å²) in [5.41, 5.74) is 0. The Balaban J connectivity index is 1.63. The Morgan fingerprint density at radius 2 is 1.00 bits per heavy atom. The van der Waals surface area contributed by atoms with Crippen molar-refractivity contribution in [2.24, 2.45) is 0 Å². The Hall–Kier alpha value is -1.26. The van der Waals surface area contributed by atoms with Crippen molar-refractivity contribution in [3.8, 4) is 11.5 Å². The van der Waals surface area contributed by atoms with Gasteiger partial charge in [-0.05, 0) is 61.4 Å². The van der Waals surface area contributed by atoms with Gasteiger partial charge in [0.05, 0.1) is 13.2 Å². The van der Waals surface area contributed by atoms with Gasteiger partial charge < -0.3 is 9.47 Å². The van der Waals surface area contributed by atoms with Gasteiger partial charge >= 0.3 is 0 Å². The van der Waals surface area contributed by atoms with Crippen molar-refractivity contribution in [3.63, 3.8) is 0 Å². The summed E-state index contributed by atoms with van der Waals surface area (Å²) < 4.78 is 11.4. The number of benzene rings is 2. The zero-order chi connectivity index (χ0) is 18.5. The van der Waals surface area contributed by atoms with Crippen LogP contribution in [0.2, 0.25) is 0 Å². The fourth-order valence-corrected chi connectivity index (χ4v) is 4.05. The van der Waals surface area contributed by atoms with Crippen molar-refractivity contribution in [2.75, 3.05) is 24.7 Å². The average molecular weight is 391 g/mol. The molecule has 0 amide bonds. The highest BCUT2D eigenvalue weighted by atomic mass is 32.2. The van der Waals surface area contributed by atoms with Gasteiger partial charge in [-0.3, -0.25) is 0 Å². The van der Waals surface area contributed by atoms with Gasteiger partial charge in [-0.2, -0.15) is 0 Å². The Labute approximate surface area is 167 Å². The van der Waals surface area contributed by atoms with Gasteiger partial charge in [-0.15, -0.1) is 23.5 Å². The minimum Gasteiger partial charge on any atom is -0.494 e. The van der Waals surface area contributed by atoms with E-state index in [1.807, 2.05) is 23.5 Å². The second kappa shape index (κ2) is 13.0. The summed E-state index contributed by atoms with van der Waals surface area (Å²) in [4.78, 5) is 2.60. The third-order valence-electron chi connectivity index (χ3n) is 3.80. The maximum absolute atomic E-state index is 5.70. The third kappa shape index (κ3) is 8.41. The van der Waals surface area contributed by atoms with E-state index in [0.717, 1.165) is 49.1 Å². The summed E-state index contributed by atoms with van der Waals surface area (Å²) in [5.74, 6) is 4.13. The predicted octanol–water partition coefficient (Wildman–Crippen LogP) is 6.93. The van der Waals surface area contributed by atoms with Crippen molar-refractivity contribution in [1.29, 1.82) is 0 Å². The van der Waals surface area contributed by atoms with Crippen LogP contribution in [0, 0.1) is 0 Å². The molecular weight excluding hydrogens is 360 g/mol. The highest BCUT2D eigenvalue weighted by Crippen LogP contribution is 2.26. The lowest BCUT2D eigenvalue weighted by Gasteiger charge is -2.07. The highest BCUT2D eigenvalue weighted by molar-refractivity contribution is 8.03. The van der Waals surface area contributed by atoms with Crippen LogP contribution in [0.25, 0.3) is 0 Å². The van der Waals surface area contributed by atoms with E-state index in [4.69, 9.17) is 9.47 Å². The van der Waals surface area contributed by atoms with Crippen molar-refractivity contribution in [1.82, 2.24) is 0 Å². The molecular formula is C22H30O2S2. The molecule has 2 aromatic rings. The number of unbranched alkanes of at least 4 members (excludes halogenated alkanes) is 2. The van der Waals surface area contributed by atoms with Crippen LogP contribution in [0.4, 0.5) is 0 Å². The molecule has 2 nitrogen and oxygen atoms in total. The number of ether oxygens (including phenoxy) is 2. The van der Waals surface area contributed by atoms with Crippen LogP contribution < -0.4 is 9.47 Å². The van der Waals surface area contributed by atoms with E-state index in [2.05, 4.69) is 62.4 Å². The topological polar surface area (TPSA) is 18.5 Å². The first-order valence-corrected chi connectivity index (χ1v) is 11.5. The molecule has 0 aromatic heterocycles. The van der Waals surface area contributed by atoms with E-state index in [1.54, 1.807) is 0 Å². The first-order valence-electron chi connectivity index (χ1n) is 9.53. The quantitative estimate of drug-likeness (QED) is 0.272. The second-order valence-corrected chi connectivity index (χ2v) is 8.38. The zero-order valence-electron chi connectivity index (χ0n) is 15.9. The van der Waals surface area contributed by atoms with Crippen LogP contribution in [-0.2, 0) is 0 Å². The molecule has 0 aliphatic carbocycles. The number of rotatable bonds is 13. The molecule has 26 heavy (non-hydrogen) atoms. The molecule has 2 rings (SSSR count). The fraction of sp³-hybridized carbons (Fsp3) is 0.455. The lowest BCUT2D eigenvalue weighted by Crippen LogP contribution is -1.96. The molecule has 4 heteroatoms. The Morgan fingerprint density at radius 1 is 0.615 bits per heavy atom. The zero-order valence-corrected chi connectivity index (χ0v) is 17.5. The van der Waals surface area contributed by atoms with Gasteiger partial charge in [0.1, 0.15) is 11.5 Å². The van der Waals surface area contributed by atoms with Crippen molar-refractivity contribution < 1.29 is 9.47 Å².